The maximum Gasteiger partial charge on any atom is 0.221 e. The first-order chi connectivity index (χ1) is 8.72. The minimum absolute atomic E-state index is 0.0703. The number of carbonyl (C=O) groups excluding carboxylic acids is 1. The van der Waals surface area contributed by atoms with Crippen LogP contribution in [0.25, 0.3) is 0 Å². The number of nitrogens with two attached hydrogens (primary N) is 1. The number of carbonyl (C=O) groups is 1. The Labute approximate surface area is 108 Å². The molecule has 0 aliphatic heterocycles. The molecule has 0 spiro atoms. The summed E-state index contributed by atoms with van der Waals surface area (Å²) in [7, 11) is 0. The quantitative estimate of drug-likeness (QED) is 0.595. The van der Waals surface area contributed by atoms with Crippen molar-refractivity contribution >= 4 is 11.6 Å². The van der Waals surface area contributed by atoms with Crippen LogP contribution in [0.4, 0.5) is 5.69 Å². The molecule has 0 heterocycles. The smallest absolute Gasteiger partial charge is 0.221 e. The lowest BCUT2D eigenvalue weighted by atomic mass is 10.2. The van der Waals surface area contributed by atoms with Gasteiger partial charge in [-0.2, -0.15) is 0 Å². The second-order valence-electron chi connectivity index (χ2n) is 3.97. The summed E-state index contributed by atoms with van der Waals surface area (Å²) in [5.74, 6) is -0.0703. The van der Waals surface area contributed by atoms with E-state index in [0.29, 0.717) is 19.8 Å². The van der Waals surface area contributed by atoms with Crippen molar-refractivity contribution in [2.75, 3.05) is 31.6 Å². The van der Waals surface area contributed by atoms with Crippen LogP contribution in [0.2, 0.25) is 0 Å². The van der Waals surface area contributed by atoms with E-state index in [0.717, 1.165) is 24.3 Å². The number of amides is 1. The zero-order valence-electron chi connectivity index (χ0n) is 10.7. The number of ether oxygens (including phenoxy) is 1. The van der Waals surface area contributed by atoms with E-state index in [2.05, 4.69) is 10.6 Å². The van der Waals surface area contributed by atoms with Gasteiger partial charge in [0.05, 0.1) is 13.2 Å². The Morgan fingerprint density at radius 1 is 1.39 bits per heavy atom. The molecule has 0 atom stereocenters. The molecule has 18 heavy (non-hydrogen) atoms. The van der Waals surface area contributed by atoms with Crippen LogP contribution in [0, 0.1) is 0 Å². The van der Waals surface area contributed by atoms with Gasteiger partial charge in [-0.3, -0.25) is 4.79 Å². The van der Waals surface area contributed by atoms with E-state index in [-0.39, 0.29) is 5.91 Å². The highest BCUT2D eigenvalue weighted by Crippen LogP contribution is 2.11. The molecule has 0 bridgehead atoms. The molecule has 0 fully saturated rings. The van der Waals surface area contributed by atoms with Crippen LogP contribution in [-0.4, -0.2) is 32.1 Å². The fraction of sp³-hybridized carbons (Fsp3) is 0.462. The predicted octanol–water partition coefficient (Wildman–Crippen LogP) is 0.710. The number of rotatable bonds is 8. The minimum atomic E-state index is -0.0703. The number of nitrogens with one attached hydrogen (secondary N) is 2. The van der Waals surface area contributed by atoms with Crippen molar-refractivity contribution in [3.05, 3.63) is 29.8 Å². The molecule has 0 radical (unpaired) electrons. The molecule has 1 aromatic carbocycles. The molecular formula is C13H21N3O2. The third kappa shape index (κ3) is 6.34. The van der Waals surface area contributed by atoms with E-state index < -0.39 is 0 Å². The molecule has 0 aliphatic carbocycles. The Bertz CT molecular complexity index is 369. The summed E-state index contributed by atoms with van der Waals surface area (Å²) in [6.45, 7) is 4.91. The van der Waals surface area contributed by atoms with Crippen LogP contribution in [0.1, 0.15) is 12.5 Å². The monoisotopic (exact) mass is 251 g/mol. The predicted molar refractivity (Wildman–Crippen MR) is 72.3 cm³/mol. The fourth-order valence-corrected chi connectivity index (χ4v) is 1.50. The molecule has 0 aromatic heterocycles. The molecule has 0 saturated carbocycles. The molecule has 0 aliphatic rings. The highest BCUT2D eigenvalue weighted by atomic mass is 16.5. The molecule has 1 amide bonds. The van der Waals surface area contributed by atoms with E-state index >= 15 is 0 Å². The van der Waals surface area contributed by atoms with E-state index in [9.17, 15) is 4.79 Å². The van der Waals surface area contributed by atoms with E-state index in [1.165, 1.54) is 6.92 Å². The third-order valence-corrected chi connectivity index (χ3v) is 2.26. The van der Waals surface area contributed by atoms with Gasteiger partial charge >= 0.3 is 0 Å². The topological polar surface area (TPSA) is 76.4 Å². The number of hydrogen-bond acceptors (Lipinski definition) is 4. The molecule has 0 unspecified atom stereocenters. The van der Waals surface area contributed by atoms with Gasteiger partial charge in [-0.15, -0.1) is 0 Å². The molecular weight excluding hydrogens is 230 g/mol. The van der Waals surface area contributed by atoms with Crippen LogP contribution in [0.3, 0.4) is 0 Å². The number of hydrogen-bond donors (Lipinski definition) is 3. The highest BCUT2D eigenvalue weighted by molar-refractivity contribution is 5.88. The van der Waals surface area contributed by atoms with Gasteiger partial charge in [0.15, 0.2) is 0 Å². The van der Waals surface area contributed by atoms with Crippen LogP contribution in [0.5, 0.6) is 0 Å². The lowest BCUT2D eigenvalue weighted by molar-refractivity contribution is -0.114. The van der Waals surface area contributed by atoms with Crippen LogP contribution < -0.4 is 16.4 Å². The second kappa shape index (κ2) is 8.63. The summed E-state index contributed by atoms with van der Waals surface area (Å²) in [4.78, 5) is 10.9. The van der Waals surface area contributed by atoms with Gasteiger partial charge in [-0.1, -0.05) is 12.1 Å². The average molecular weight is 251 g/mol. The normalized spacial score (nSPS) is 10.3. The Hall–Kier alpha value is -1.43. The maximum absolute atomic E-state index is 10.9. The van der Waals surface area contributed by atoms with E-state index in [4.69, 9.17) is 10.5 Å². The summed E-state index contributed by atoms with van der Waals surface area (Å²) in [6.07, 6.45) is 0. The van der Waals surface area contributed by atoms with Crippen molar-refractivity contribution in [1.82, 2.24) is 5.32 Å². The third-order valence-electron chi connectivity index (χ3n) is 2.26. The molecule has 1 rings (SSSR count). The fourth-order valence-electron chi connectivity index (χ4n) is 1.50. The minimum Gasteiger partial charge on any atom is -0.375 e. The standard InChI is InChI=1S/C13H21N3O2/c1-11(17)16-13-4-2-3-12(9-13)10-18-8-7-15-6-5-14/h2-4,9,15H,5-8,10,14H2,1H3,(H,16,17). The Balaban J connectivity index is 2.27. The van der Waals surface area contributed by atoms with Crippen molar-refractivity contribution < 1.29 is 9.53 Å². The van der Waals surface area contributed by atoms with Crippen molar-refractivity contribution in [2.24, 2.45) is 5.73 Å². The van der Waals surface area contributed by atoms with Gasteiger partial charge < -0.3 is 21.1 Å². The van der Waals surface area contributed by atoms with E-state index in [1.54, 1.807) is 0 Å². The van der Waals surface area contributed by atoms with Gasteiger partial charge in [0, 0.05) is 32.2 Å². The Kier molecular flexibility index (Phi) is 7.01. The highest BCUT2D eigenvalue weighted by Gasteiger charge is 1.98. The van der Waals surface area contributed by atoms with Crippen molar-refractivity contribution in [2.45, 2.75) is 13.5 Å². The first kappa shape index (κ1) is 14.6. The molecule has 5 heteroatoms. The molecule has 5 nitrogen and oxygen atoms in total. The number of benzene rings is 1. The van der Waals surface area contributed by atoms with Gasteiger partial charge in [0.2, 0.25) is 5.91 Å². The lowest BCUT2D eigenvalue weighted by Gasteiger charge is -2.07. The van der Waals surface area contributed by atoms with E-state index in [1.807, 2.05) is 24.3 Å². The summed E-state index contributed by atoms with van der Waals surface area (Å²) in [6, 6.07) is 7.64. The molecule has 1 aromatic rings. The summed E-state index contributed by atoms with van der Waals surface area (Å²) in [5, 5.41) is 5.89. The van der Waals surface area contributed by atoms with Gasteiger partial charge in [0.1, 0.15) is 0 Å². The van der Waals surface area contributed by atoms with Crippen molar-refractivity contribution in [3.63, 3.8) is 0 Å². The van der Waals surface area contributed by atoms with Crippen LogP contribution >= 0.6 is 0 Å². The summed E-state index contributed by atoms with van der Waals surface area (Å²) >= 11 is 0. The first-order valence-corrected chi connectivity index (χ1v) is 6.07. The Morgan fingerprint density at radius 2 is 2.22 bits per heavy atom. The molecule has 100 valence electrons. The van der Waals surface area contributed by atoms with Gasteiger partial charge in [-0.05, 0) is 17.7 Å². The van der Waals surface area contributed by atoms with Gasteiger partial charge in [0.25, 0.3) is 0 Å². The zero-order chi connectivity index (χ0) is 13.2. The SMILES string of the molecule is CC(=O)Nc1cccc(COCCNCCN)c1. The molecule has 4 N–H and O–H groups in total. The summed E-state index contributed by atoms with van der Waals surface area (Å²) in [5.41, 5.74) is 7.19. The number of anilines is 1. The average Bonchev–Trinajstić information content (AvgIpc) is 2.33. The first-order valence-electron chi connectivity index (χ1n) is 6.07. The Morgan fingerprint density at radius 3 is 2.94 bits per heavy atom. The second-order valence-corrected chi connectivity index (χ2v) is 3.97. The summed E-state index contributed by atoms with van der Waals surface area (Å²) < 4.78 is 5.51. The van der Waals surface area contributed by atoms with Gasteiger partial charge in [-0.25, -0.2) is 0 Å². The maximum atomic E-state index is 10.9. The lowest BCUT2D eigenvalue weighted by Crippen LogP contribution is -2.25. The van der Waals surface area contributed by atoms with Crippen molar-refractivity contribution in [3.8, 4) is 0 Å². The molecule has 0 saturated heterocycles. The largest absolute Gasteiger partial charge is 0.375 e. The van der Waals surface area contributed by atoms with Crippen LogP contribution in [0.15, 0.2) is 24.3 Å². The van der Waals surface area contributed by atoms with Crippen molar-refractivity contribution in [1.29, 1.82) is 0 Å². The van der Waals surface area contributed by atoms with Crippen LogP contribution in [-0.2, 0) is 16.1 Å². The zero-order valence-corrected chi connectivity index (χ0v) is 10.7.